The number of anilines is 1. The van der Waals surface area contributed by atoms with Crippen LogP contribution in [-0.4, -0.2) is 70.4 Å². The van der Waals surface area contributed by atoms with Crippen molar-refractivity contribution >= 4 is 31.3 Å². The summed E-state index contributed by atoms with van der Waals surface area (Å²) < 4.78 is 53.2. The van der Waals surface area contributed by atoms with Crippen LogP contribution in [0, 0.1) is 0 Å². The third-order valence-corrected chi connectivity index (χ3v) is 8.41. The van der Waals surface area contributed by atoms with E-state index in [1.54, 1.807) is 12.1 Å². The van der Waals surface area contributed by atoms with Gasteiger partial charge in [-0.3, -0.25) is 0 Å². The van der Waals surface area contributed by atoms with E-state index in [0.717, 1.165) is 0 Å². The first-order chi connectivity index (χ1) is 15.2. The van der Waals surface area contributed by atoms with Crippen LogP contribution in [0.2, 0.25) is 0 Å². The minimum Gasteiger partial charge on any atom is -0.382 e. The van der Waals surface area contributed by atoms with Gasteiger partial charge in [-0.15, -0.1) is 15.3 Å². The van der Waals surface area contributed by atoms with Crippen molar-refractivity contribution in [2.45, 2.75) is 15.0 Å². The Morgan fingerprint density at radius 1 is 1.09 bits per heavy atom. The zero-order valence-corrected chi connectivity index (χ0v) is 17.8. The standard InChI is InChI=1S/C16H16N10O4S2/c17-12-3-4-13-20-7-10(26(13)23-12)9-1-2-11(31(27,28)8-5-19-6-8)15(32(18,29)30)14(9)16-21-24-25-22-16/h1-4,7-8,19H,5-6H2,(H2,17,23)(H2,18,29,30)(H,21,22,24,25). The Balaban J connectivity index is 1.90. The number of nitrogens with one attached hydrogen (secondary N) is 2. The molecule has 1 aliphatic heterocycles. The number of benzene rings is 1. The number of H-pyrrole nitrogens is 1. The minimum atomic E-state index is -4.56. The molecule has 166 valence electrons. The third-order valence-electron chi connectivity index (χ3n) is 5.12. The normalized spacial score (nSPS) is 15.2. The largest absolute Gasteiger partial charge is 0.382 e. The van der Waals surface area contributed by atoms with Crippen LogP contribution in [0.25, 0.3) is 28.3 Å². The average Bonchev–Trinajstić information content (AvgIpc) is 3.34. The van der Waals surface area contributed by atoms with Crippen molar-refractivity contribution in [2.24, 2.45) is 5.14 Å². The monoisotopic (exact) mass is 476 g/mol. The van der Waals surface area contributed by atoms with Crippen molar-refractivity contribution in [2.75, 3.05) is 18.8 Å². The highest BCUT2D eigenvalue weighted by Gasteiger charge is 2.39. The molecule has 32 heavy (non-hydrogen) atoms. The first-order valence-corrected chi connectivity index (χ1v) is 12.3. The number of tetrazole rings is 1. The van der Waals surface area contributed by atoms with Gasteiger partial charge >= 0.3 is 0 Å². The summed E-state index contributed by atoms with van der Waals surface area (Å²) in [5.41, 5.74) is 6.65. The summed E-state index contributed by atoms with van der Waals surface area (Å²) in [5, 5.41) is 25.3. The fourth-order valence-electron chi connectivity index (χ4n) is 3.51. The van der Waals surface area contributed by atoms with E-state index in [-0.39, 0.29) is 35.9 Å². The fourth-order valence-corrected chi connectivity index (χ4v) is 6.69. The van der Waals surface area contributed by atoms with Crippen LogP contribution in [0.5, 0.6) is 0 Å². The van der Waals surface area contributed by atoms with E-state index < -0.39 is 34.9 Å². The van der Waals surface area contributed by atoms with E-state index in [4.69, 9.17) is 10.9 Å². The Labute approximate surface area is 181 Å². The highest BCUT2D eigenvalue weighted by Crippen LogP contribution is 2.39. The van der Waals surface area contributed by atoms with Crippen molar-refractivity contribution < 1.29 is 16.8 Å². The molecule has 1 fully saturated rings. The summed E-state index contributed by atoms with van der Waals surface area (Å²) in [7, 11) is -8.59. The van der Waals surface area contributed by atoms with Gasteiger partial charge in [0, 0.05) is 18.7 Å². The topological polar surface area (TPSA) is 217 Å². The van der Waals surface area contributed by atoms with E-state index in [2.05, 4.69) is 36.0 Å². The van der Waals surface area contributed by atoms with E-state index in [0.29, 0.717) is 11.3 Å². The molecule has 0 spiro atoms. The Bertz CT molecular complexity index is 1560. The van der Waals surface area contributed by atoms with Gasteiger partial charge in [0.15, 0.2) is 15.5 Å². The molecule has 3 aromatic heterocycles. The third kappa shape index (κ3) is 3.11. The summed E-state index contributed by atoms with van der Waals surface area (Å²) >= 11 is 0. The fraction of sp³-hybridized carbons (Fsp3) is 0.188. The second-order valence-corrected chi connectivity index (χ2v) is 10.8. The zero-order chi connectivity index (χ0) is 22.7. The second-order valence-electron chi connectivity index (χ2n) is 7.09. The van der Waals surface area contributed by atoms with Crippen LogP contribution in [0.1, 0.15) is 0 Å². The number of hydrogen-bond donors (Lipinski definition) is 4. The molecule has 6 N–H and O–H groups in total. The van der Waals surface area contributed by atoms with Crippen molar-refractivity contribution in [1.82, 2.24) is 40.5 Å². The molecule has 0 aliphatic carbocycles. The van der Waals surface area contributed by atoms with Crippen LogP contribution in [0.3, 0.4) is 0 Å². The predicted octanol–water partition coefficient (Wildman–Crippen LogP) is -1.45. The quantitative estimate of drug-likeness (QED) is 0.261. The number of imidazole rings is 1. The number of fused-ring (bicyclic) bond motifs is 1. The van der Waals surface area contributed by atoms with Crippen molar-refractivity contribution in [3.8, 4) is 22.6 Å². The van der Waals surface area contributed by atoms with E-state index >= 15 is 0 Å². The van der Waals surface area contributed by atoms with Crippen molar-refractivity contribution in [3.05, 3.63) is 30.5 Å². The van der Waals surface area contributed by atoms with Gasteiger partial charge < -0.3 is 11.1 Å². The molecular weight excluding hydrogens is 460 g/mol. The lowest BCUT2D eigenvalue weighted by Crippen LogP contribution is -2.51. The Morgan fingerprint density at radius 3 is 2.50 bits per heavy atom. The summed E-state index contributed by atoms with van der Waals surface area (Å²) in [6.45, 7) is 0.393. The number of sulfone groups is 1. The van der Waals surface area contributed by atoms with Crippen LogP contribution in [0.15, 0.2) is 40.3 Å². The highest BCUT2D eigenvalue weighted by atomic mass is 32.2. The predicted molar refractivity (Wildman–Crippen MR) is 111 cm³/mol. The van der Waals surface area contributed by atoms with Gasteiger partial charge in [-0.2, -0.15) is 5.21 Å². The zero-order valence-electron chi connectivity index (χ0n) is 16.2. The maximum atomic E-state index is 13.2. The van der Waals surface area contributed by atoms with Gasteiger partial charge in [-0.25, -0.2) is 31.5 Å². The second kappa shape index (κ2) is 7.02. The summed E-state index contributed by atoms with van der Waals surface area (Å²) in [4.78, 5) is 3.19. The molecule has 1 saturated heterocycles. The lowest BCUT2D eigenvalue weighted by Gasteiger charge is -2.28. The number of aromatic nitrogens is 7. The smallest absolute Gasteiger partial charge is 0.240 e. The summed E-state index contributed by atoms with van der Waals surface area (Å²) in [5.74, 6) is 0.0351. The van der Waals surface area contributed by atoms with Gasteiger partial charge in [0.05, 0.1) is 27.6 Å². The molecule has 0 saturated carbocycles. The van der Waals surface area contributed by atoms with Gasteiger partial charge in [0.1, 0.15) is 10.7 Å². The lowest BCUT2D eigenvalue weighted by molar-refractivity contribution is 0.493. The molecule has 16 heteroatoms. The SMILES string of the molecule is Nc1ccc2ncc(-c3ccc(S(=O)(=O)C4CNC4)c(S(N)(=O)=O)c3-c3nn[nH]n3)n2n1. The Hall–Kier alpha value is -3.47. The molecular formula is C16H16N10O4S2. The molecule has 1 aliphatic rings. The number of nitrogens with zero attached hydrogens (tertiary/aromatic N) is 6. The number of rotatable bonds is 5. The molecule has 4 aromatic rings. The van der Waals surface area contributed by atoms with Gasteiger partial charge in [0.25, 0.3) is 0 Å². The highest BCUT2D eigenvalue weighted by molar-refractivity contribution is 7.94. The lowest BCUT2D eigenvalue weighted by atomic mass is 10.0. The van der Waals surface area contributed by atoms with Gasteiger partial charge in [0.2, 0.25) is 15.8 Å². The Morgan fingerprint density at radius 2 is 1.88 bits per heavy atom. The molecule has 5 rings (SSSR count). The summed E-state index contributed by atoms with van der Waals surface area (Å²) in [6.07, 6.45) is 1.44. The number of aromatic amines is 1. The summed E-state index contributed by atoms with van der Waals surface area (Å²) in [6, 6.07) is 5.83. The average molecular weight is 477 g/mol. The number of hydrogen-bond acceptors (Lipinski definition) is 11. The number of primary sulfonamides is 1. The molecule has 0 atom stereocenters. The first kappa shape index (κ1) is 20.4. The molecule has 1 aromatic carbocycles. The van der Waals surface area contributed by atoms with Crippen molar-refractivity contribution in [1.29, 1.82) is 0 Å². The number of nitrogens with two attached hydrogens (primary N) is 2. The van der Waals surface area contributed by atoms with Crippen LogP contribution in [0.4, 0.5) is 5.82 Å². The molecule has 0 amide bonds. The molecule has 0 bridgehead atoms. The van der Waals surface area contributed by atoms with E-state index in [1.807, 2.05) is 0 Å². The first-order valence-electron chi connectivity index (χ1n) is 9.17. The molecule has 14 nitrogen and oxygen atoms in total. The van der Waals surface area contributed by atoms with Crippen molar-refractivity contribution in [3.63, 3.8) is 0 Å². The van der Waals surface area contributed by atoms with E-state index in [1.165, 1.54) is 22.8 Å². The molecule has 4 heterocycles. The number of nitrogen functional groups attached to an aromatic ring is 1. The minimum absolute atomic E-state index is 0.138. The van der Waals surface area contributed by atoms with Crippen LogP contribution < -0.4 is 16.2 Å². The van der Waals surface area contributed by atoms with Crippen LogP contribution in [-0.2, 0) is 19.9 Å². The van der Waals surface area contributed by atoms with Crippen LogP contribution >= 0.6 is 0 Å². The molecule has 0 unspecified atom stereocenters. The Kier molecular flexibility index (Phi) is 4.48. The van der Waals surface area contributed by atoms with E-state index in [9.17, 15) is 16.8 Å². The maximum absolute atomic E-state index is 13.2. The maximum Gasteiger partial charge on any atom is 0.240 e. The number of sulfonamides is 1. The van der Waals surface area contributed by atoms with Gasteiger partial charge in [-0.1, -0.05) is 6.07 Å². The van der Waals surface area contributed by atoms with Gasteiger partial charge in [-0.05, 0) is 23.4 Å². The molecule has 0 radical (unpaired) electrons.